The average Bonchev–Trinajstić information content (AvgIpc) is 2.78. The van der Waals surface area contributed by atoms with Crippen molar-refractivity contribution in [2.45, 2.75) is 104 Å². The summed E-state index contributed by atoms with van der Waals surface area (Å²) in [6.07, 6.45) is 5.22. The molecule has 1 saturated heterocycles. The number of hydrogen-bond acceptors (Lipinski definition) is 7. The minimum absolute atomic E-state index is 0.0294. The minimum atomic E-state index is -1.20. The highest BCUT2D eigenvalue weighted by Gasteiger charge is 2.41. The molecule has 3 rings (SSSR count). The van der Waals surface area contributed by atoms with Crippen LogP contribution in [-0.4, -0.2) is 40.7 Å². The van der Waals surface area contributed by atoms with Crippen molar-refractivity contribution >= 4 is 11.9 Å². The van der Waals surface area contributed by atoms with Crippen LogP contribution in [0.25, 0.3) is 0 Å². The molecular weight excluding hydrogens is 416 g/mol. The number of carbonyl (C=O) groups is 2. The minimum Gasteiger partial charge on any atom is -0.481 e. The van der Waals surface area contributed by atoms with Crippen molar-refractivity contribution < 1.29 is 39.1 Å². The van der Waals surface area contributed by atoms with E-state index in [1.165, 1.54) is 0 Å². The smallest absolute Gasteiger partial charge is 0.311 e. The van der Waals surface area contributed by atoms with Crippen LogP contribution < -0.4 is 0 Å². The van der Waals surface area contributed by atoms with Gasteiger partial charge in [-0.05, 0) is 70.1 Å². The number of hydrogen-bond donors (Lipinski definition) is 2. The highest BCUT2D eigenvalue weighted by molar-refractivity contribution is 5.75. The molecule has 8 nitrogen and oxygen atoms in total. The first-order chi connectivity index (χ1) is 15.1. The van der Waals surface area contributed by atoms with Crippen LogP contribution in [0.3, 0.4) is 0 Å². The number of fused-ring (bicyclic) bond motifs is 2. The first-order valence-corrected chi connectivity index (χ1v) is 12.2. The van der Waals surface area contributed by atoms with Gasteiger partial charge in [0.05, 0.1) is 11.8 Å². The van der Waals surface area contributed by atoms with Crippen LogP contribution in [0, 0.1) is 35.5 Å². The third-order valence-corrected chi connectivity index (χ3v) is 8.07. The normalized spacial score (nSPS) is 43.7. The summed E-state index contributed by atoms with van der Waals surface area (Å²) in [6, 6.07) is 0. The van der Waals surface area contributed by atoms with E-state index in [0.717, 1.165) is 25.7 Å². The molecule has 0 amide bonds. The number of rotatable bonds is 4. The van der Waals surface area contributed by atoms with Gasteiger partial charge >= 0.3 is 11.9 Å². The zero-order valence-corrected chi connectivity index (χ0v) is 19.8. The summed E-state index contributed by atoms with van der Waals surface area (Å²) in [6.45, 7) is 7.72. The van der Waals surface area contributed by atoms with Crippen molar-refractivity contribution in [3.63, 3.8) is 0 Å². The van der Waals surface area contributed by atoms with Crippen molar-refractivity contribution in [1.29, 1.82) is 0 Å². The third kappa shape index (κ3) is 6.22. The van der Waals surface area contributed by atoms with Gasteiger partial charge in [0.1, 0.15) is 0 Å². The molecule has 0 aromatic rings. The van der Waals surface area contributed by atoms with Crippen molar-refractivity contribution in [3.8, 4) is 0 Å². The summed E-state index contributed by atoms with van der Waals surface area (Å²) in [5, 5.41) is 18.9. The number of aliphatic carboxylic acids is 1. The Morgan fingerprint density at radius 1 is 0.969 bits per heavy atom. The quantitative estimate of drug-likeness (QED) is 0.352. The van der Waals surface area contributed by atoms with Gasteiger partial charge in [0, 0.05) is 12.3 Å². The Labute approximate surface area is 190 Å². The predicted molar refractivity (Wildman–Crippen MR) is 115 cm³/mol. The molecule has 184 valence electrons. The Hall–Kier alpha value is -1.22. The first-order valence-electron chi connectivity index (χ1n) is 12.2. The highest BCUT2D eigenvalue weighted by Crippen LogP contribution is 2.43. The zero-order valence-electron chi connectivity index (χ0n) is 19.8. The van der Waals surface area contributed by atoms with Crippen LogP contribution in [0.1, 0.15) is 85.5 Å². The molecule has 1 heterocycles. The zero-order chi connectivity index (χ0) is 23.5. The van der Waals surface area contributed by atoms with Crippen LogP contribution in [0.2, 0.25) is 0 Å². The maximum Gasteiger partial charge on any atom is 0.311 e. The standard InChI is InChI=1S/C24H40O8/c1-14-8-9-18-12-17(14)10-11-24(4,32-28)31-16(3)29-23(15(18)2)30-22(27)20-7-5-6-19(13-20)21(25)26/h14-20,23,28H,5-13H2,1-4H3,(H,25,26)/t14-,15-,16-,17-,18-,19?,20?,23+,24?/m1/s1. The molecule has 0 radical (unpaired) electrons. The van der Waals surface area contributed by atoms with Crippen molar-refractivity contribution in [2.75, 3.05) is 0 Å². The molecule has 2 N–H and O–H groups in total. The molecule has 9 atom stereocenters. The number of carboxylic acids is 1. The number of carboxylic acid groups (broad SMARTS) is 1. The molecule has 3 aliphatic rings. The molecule has 3 unspecified atom stereocenters. The Balaban J connectivity index is 1.76. The predicted octanol–water partition coefficient (Wildman–Crippen LogP) is 4.81. The van der Waals surface area contributed by atoms with Crippen molar-refractivity contribution in [2.24, 2.45) is 35.5 Å². The summed E-state index contributed by atoms with van der Waals surface area (Å²) in [5.41, 5.74) is 0. The Morgan fingerprint density at radius 3 is 2.38 bits per heavy atom. The lowest BCUT2D eigenvalue weighted by Gasteiger charge is -2.39. The molecule has 2 aliphatic carbocycles. The second-order valence-corrected chi connectivity index (χ2v) is 10.5. The third-order valence-electron chi connectivity index (χ3n) is 8.07. The van der Waals surface area contributed by atoms with Crippen LogP contribution in [0.5, 0.6) is 0 Å². The molecule has 0 aromatic heterocycles. The molecule has 32 heavy (non-hydrogen) atoms. The molecule has 3 fully saturated rings. The summed E-state index contributed by atoms with van der Waals surface area (Å²) < 4.78 is 17.9. The molecule has 2 bridgehead atoms. The molecule has 8 heteroatoms. The van der Waals surface area contributed by atoms with Crippen LogP contribution in [0.15, 0.2) is 0 Å². The van der Waals surface area contributed by atoms with E-state index < -0.39 is 42.1 Å². The monoisotopic (exact) mass is 456 g/mol. The Bertz CT molecular complexity index is 654. The summed E-state index contributed by atoms with van der Waals surface area (Å²) in [4.78, 5) is 29.1. The van der Waals surface area contributed by atoms with E-state index in [4.69, 9.17) is 19.1 Å². The molecule has 1 aliphatic heterocycles. The second kappa shape index (κ2) is 10.8. The number of carbonyl (C=O) groups excluding carboxylic acids is 1. The van der Waals surface area contributed by atoms with Gasteiger partial charge in [-0.15, -0.1) is 0 Å². The maximum atomic E-state index is 13.0. The summed E-state index contributed by atoms with van der Waals surface area (Å²) in [5.74, 6) is -2.03. The van der Waals surface area contributed by atoms with Crippen molar-refractivity contribution in [1.82, 2.24) is 0 Å². The van der Waals surface area contributed by atoms with E-state index in [1.807, 2.05) is 0 Å². The molecule has 0 spiro atoms. The van der Waals surface area contributed by atoms with E-state index in [-0.39, 0.29) is 5.92 Å². The van der Waals surface area contributed by atoms with Gasteiger partial charge in [-0.2, -0.15) is 0 Å². The van der Waals surface area contributed by atoms with Gasteiger partial charge in [0.25, 0.3) is 0 Å². The Morgan fingerprint density at radius 2 is 1.69 bits per heavy atom. The van der Waals surface area contributed by atoms with Crippen molar-refractivity contribution in [3.05, 3.63) is 0 Å². The van der Waals surface area contributed by atoms with Gasteiger partial charge in [0.15, 0.2) is 6.29 Å². The second-order valence-electron chi connectivity index (χ2n) is 10.5. The SMILES string of the molecule is C[C@@H]1O[C@@H](OC(=O)C2CCCC(C(=O)O)C2)[C@H](C)[C@@H]2CC[C@@H](C)[C@H](CCC(C)(OO)O1)C2. The molecular formula is C24H40O8. The van der Waals surface area contributed by atoms with Crippen LogP contribution in [-0.2, 0) is 28.7 Å². The van der Waals surface area contributed by atoms with Gasteiger partial charge in [-0.25, -0.2) is 10.1 Å². The molecule has 2 saturated carbocycles. The summed E-state index contributed by atoms with van der Waals surface area (Å²) in [7, 11) is 0. The fraction of sp³-hybridized carbons (Fsp3) is 0.917. The fourth-order valence-corrected chi connectivity index (χ4v) is 5.79. The number of esters is 1. The molecule has 0 aromatic carbocycles. The van der Waals surface area contributed by atoms with Gasteiger partial charge in [0.2, 0.25) is 12.1 Å². The van der Waals surface area contributed by atoms with E-state index in [0.29, 0.717) is 49.9 Å². The van der Waals surface area contributed by atoms with E-state index in [2.05, 4.69) is 13.8 Å². The largest absolute Gasteiger partial charge is 0.481 e. The first kappa shape index (κ1) is 25.4. The highest BCUT2D eigenvalue weighted by atomic mass is 17.1. The van der Waals surface area contributed by atoms with E-state index in [9.17, 15) is 20.0 Å². The van der Waals surface area contributed by atoms with Gasteiger partial charge in [-0.1, -0.05) is 26.7 Å². The lowest BCUT2D eigenvalue weighted by molar-refractivity contribution is -0.430. The van der Waals surface area contributed by atoms with Gasteiger partial charge < -0.3 is 19.3 Å². The lowest BCUT2D eigenvalue weighted by atomic mass is 9.69. The van der Waals surface area contributed by atoms with E-state index >= 15 is 0 Å². The maximum absolute atomic E-state index is 13.0. The van der Waals surface area contributed by atoms with E-state index in [1.54, 1.807) is 13.8 Å². The topological polar surface area (TPSA) is 112 Å². The average molecular weight is 457 g/mol. The van der Waals surface area contributed by atoms with Gasteiger partial charge in [-0.3, -0.25) is 9.59 Å². The fourth-order valence-electron chi connectivity index (χ4n) is 5.79. The lowest BCUT2D eigenvalue weighted by Crippen LogP contribution is -2.41. The summed E-state index contributed by atoms with van der Waals surface area (Å²) >= 11 is 0. The number of ether oxygens (including phenoxy) is 3. The van der Waals surface area contributed by atoms with Crippen LogP contribution >= 0.6 is 0 Å². The Kier molecular flexibility index (Phi) is 8.58. The van der Waals surface area contributed by atoms with Crippen LogP contribution in [0.4, 0.5) is 0 Å².